The van der Waals surface area contributed by atoms with Gasteiger partial charge in [0.05, 0.1) is 6.04 Å². The van der Waals surface area contributed by atoms with Gasteiger partial charge in [-0.3, -0.25) is 10.1 Å². The van der Waals surface area contributed by atoms with Crippen LogP contribution in [0.1, 0.15) is 45.4 Å². The smallest absolute Gasteiger partial charge is 0.322 e. The van der Waals surface area contributed by atoms with E-state index >= 15 is 0 Å². The second-order valence-electron chi connectivity index (χ2n) is 5.55. The minimum absolute atomic E-state index is 0.136. The Kier molecular flexibility index (Phi) is 2.91. The van der Waals surface area contributed by atoms with Gasteiger partial charge in [0.2, 0.25) is 11.8 Å². The molecule has 1 atom stereocenters. The molecule has 1 aliphatic carbocycles. The van der Waals surface area contributed by atoms with Crippen LogP contribution in [0.25, 0.3) is 0 Å². The first-order valence-electron chi connectivity index (χ1n) is 5.78. The SMILES string of the molecule is CC(C)(C)C(N)C(=O)Nc1nnc(C2CC2)o1. The van der Waals surface area contributed by atoms with Crippen molar-refractivity contribution in [3.63, 3.8) is 0 Å². The van der Waals surface area contributed by atoms with Crippen LogP contribution < -0.4 is 11.1 Å². The summed E-state index contributed by atoms with van der Waals surface area (Å²) < 4.78 is 5.33. The fourth-order valence-corrected chi connectivity index (χ4v) is 1.36. The Bertz CT molecular complexity index is 417. The molecule has 0 aromatic carbocycles. The molecular formula is C11H18N4O2. The third kappa shape index (κ3) is 2.82. The minimum Gasteiger partial charge on any atom is -0.408 e. The van der Waals surface area contributed by atoms with E-state index in [2.05, 4.69) is 15.5 Å². The summed E-state index contributed by atoms with van der Waals surface area (Å²) in [5, 5.41) is 10.2. The van der Waals surface area contributed by atoms with Crippen molar-refractivity contribution in [1.82, 2.24) is 10.2 Å². The maximum absolute atomic E-state index is 11.8. The lowest BCUT2D eigenvalue weighted by atomic mass is 9.87. The van der Waals surface area contributed by atoms with E-state index in [0.29, 0.717) is 11.8 Å². The summed E-state index contributed by atoms with van der Waals surface area (Å²) >= 11 is 0. The molecule has 0 bridgehead atoms. The highest BCUT2D eigenvalue weighted by atomic mass is 16.4. The van der Waals surface area contributed by atoms with Gasteiger partial charge in [0.1, 0.15) is 0 Å². The summed E-state index contributed by atoms with van der Waals surface area (Å²) in [4.78, 5) is 11.8. The van der Waals surface area contributed by atoms with Crippen molar-refractivity contribution in [2.24, 2.45) is 11.1 Å². The molecule has 6 nitrogen and oxygen atoms in total. The van der Waals surface area contributed by atoms with Gasteiger partial charge in [-0.15, -0.1) is 5.10 Å². The van der Waals surface area contributed by atoms with E-state index in [-0.39, 0.29) is 17.3 Å². The zero-order valence-corrected chi connectivity index (χ0v) is 10.4. The number of nitrogens with one attached hydrogen (secondary N) is 1. The lowest BCUT2D eigenvalue weighted by Crippen LogP contribution is -2.45. The zero-order valence-electron chi connectivity index (χ0n) is 10.4. The second-order valence-corrected chi connectivity index (χ2v) is 5.55. The molecule has 1 aromatic rings. The van der Waals surface area contributed by atoms with Crippen molar-refractivity contribution in [1.29, 1.82) is 0 Å². The summed E-state index contributed by atoms with van der Waals surface area (Å²) in [6.45, 7) is 5.71. The molecule has 1 aliphatic rings. The molecule has 1 fully saturated rings. The predicted octanol–water partition coefficient (Wildman–Crippen LogP) is 1.26. The van der Waals surface area contributed by atoms with Crippen molar-refractivity contribution in [3.8, 4) is 0 Å². The Morgan fingerprint density at radius 2 is 2.12 bits per heavy atom. The molecule has 1 unspecified atom stereocenters. The van der Waals surface area contributed by atoms with Crippen LogP contribution in [0.2, 0.25) is 0 Å². The lowest BCUT2D eigenvalue weighted by molar-refractivity contribution is -0.119. The molecular weight excluding hydrogens is 220 g/mol. The van der Waals surface area contributed by atoms with Crippen LogP contribution in [0.3, 0.4) is 0 Å². The van der Waals surface area contributed by atoms with Crippen LogP contribution in [-0.2, 0) is 4.79 Å². The summed E-state index contributed by atoms with van der Waals surface area (Å²) in [6, 6.07) is -0.477. The van der Waals surface area contributed by atoms with Crippen LogP contribution in [0.4, 0.5) is 6.01 Å². The van der Waals surface area contributed by atoms with Gasteiger partial charge in [0.25, 0.3) is 0 Å². The van der Waals surface area contributed by atoms with E-state index in [1.807, 2.05) is 20.8 Å². The normalized spacial score (nSPS) is 17.9. The van der Waals surface area contributed by atoms with Gasteiger partial charge in [0, 0.05) is 5.92 Å². The monoisotopic (exact) mass is 238 g/mol. The zero-order chi connectivity index (χ0) is 12.6. The number of nitrogens with zero attached hydrogens (tertiary/aromatic N) is 2. The van der Waals surface area contributed by atoms with E-state index < -0.39 is 6.04 Å². The molecule has 17 heavy (non-hydrogen) atoms. The molecule has 6 heteroatoms. The average molecular weight is 238 g/mol. The fourth-order valence-electron chi connectivity index (χ4n) is 1.36. The summed E-state index contributed by atoms with van der Waals surface area (Å²) in [6.07, 6.45) is 2.16. The van der Waals surface area contributed by atoms with Crippen LogP contribution in [0.15, 0.2) is 4.42 Å². The molecule has 0 radical (unpaired) electrons. The number of hydrogen-bond acceptors (Lipinski definition) is 5. The maximum atomic E-state index is 11.8. The lowest BCUT2D eigenvalue weighted by Gasteiger charge is -2.24. The molecule has 0 saturated heterocycles. The Hall–Kier alpha value is -1.43. The third-order valence-corrected chi connectivity index (χ3v) is 2.81. The number of carbonyl (C=O) groups is 1. The highest BCUT2D eigenvalue weighted by Crippen LogP contribution is 2.39. The fraction of sp³-hybridized carbons (Fsp3) is 0.727. The number of anilines is 1. The molecule has 0 aliphatic heterocycles. The van der Waals surface area contributed by atoms with Gasteiger partial charge < -0.3 is 10.2 Å². The quantitative estimate of drug-likeness (QED) is 0.826. The summed E-state index contributed by atoms with van der Waals surface area (Å²) in [5.74, 6) is 0.678. The Balaban J connectivity index is 1.97. The van der Waals surface area contributed by atoms with Gasteiger partial charge in [0.15, 0.2) is 0 Å². The molecule has 94 valence electrons. The number of aromatic nitrogens is 2. The van der Waals surface area contributed by atoms with Crippen molar-refractivity contribution >= 4 is 11.9 Å². The van der Waals surface area contributed by atoms with E-state index in [9.17, 15) is 4.79 Å². The molecule has 1 saturated carbocycles. The maximum Gasteiger partial charge on any atom is 0.322 e. The van der Waals surface area contributed by atoms with Crippen LogP contribution in [0, 0.1) is 5.41 Å². The average Bonchev–Trinajstić information content (AvgIpc) is 2.98. The van der Waals surface area contributed by atoms with Gasteiger partial charge in [-0.05, 0) is 18.3 Å². The molecule has 2 rings (SSSR count). The predicted molar refractivity (Wildman–Crippen MR) is 62.3 cm³/mol. The minimum atomic E-state index is -0.612. The number of amides is 1. The van der Waals surface area contributed by atoms with E-state index in [1.165, 1.54) is 0 Å². The number of hydrogen-bond donors (Lipinski definition) is 2. The van der Waals surface area contributed by atoms with Gasteiger partial charge in [-0.1, -0.05) is 25.9 Å². The van der Waals surface area contributed by atoms with Crippen molar-refractivity contribution in [3.05, 3.63) is 5.89 Å². The van der Waals surface area contributed by atoms with Crippen molar-refractivity contribution < 1.29 is 9.21 Å². The first-order chi connectivity index (χ1) is 7.88. The van der Waals surface area contributed by atoms with Crippen LogP contribution in [0.5, 0.6) is 0 Å². The Labute approximate surface area is 100.0 Å². The summed E-state index contributed by atoms with van der Waals surface area (Å²) in [5.41, 5.74) is 5.52. The first kappa shape index (κ1) is 12.0. The molecule has 1 heterocycles. The highest BCUT2D eigenvalue weighted by molar-refractivity contribution is 5.93. The largest absolute Gasteiger partial charge is 0.408 e. The van der Waals surface area contributed by atoms with Gasteiger partial charge in [-0.25, -0.2) is 0 Å². The third-order valence-electron chi connectivity index (χ3n) is 2.81. The van der Waals surface area contributed by atoms with E-state index in [4.69, 9.17) is 10.2 Å². The van der Waals surface area contributed by atoms with E-state index in [0.717, 1.165) is 12.8 Å². The number of nitrogens with two attached hydrogens (primary N) is 1. The van der Waals surface area contributed by atoms with Crippen molar-refractivity contribution in [2.45, 2.75) is 45.6 Å². The molecule has 0 spiro atoms. The number of rotatable bonds is 3. The molecule has 1 amide bonds. The van der Waals surface area contributed by atoms with Gasteiger partial charge >= 0.3 is 6.01 Å². The topological polar surface area (TPSA) is 94.0 Å². The van der Waals surface area contributed by atoms with Crippen LogP contribution in [-0.4, -0.2) is 22.1 Å². The molecule has 1 aromatic heterocycles. The Morgan fingerprint density at radius 3 is 2.65 bits per heavy atom. The number of carbonyl (C=O) groups excluding carboxylic acids is 1. The van der Waals surface area contributed by atoms with Gasteiger partial charge in [-0.2, -0.15) is 0 Å². The van der Waals surface area contributed by atoms with Crippen LogP contribution >= 0.6 is 0 Å². The summed E-state index contributed by atoms with van der Waals surface area (Å²) in [7, 11) is 0. The second kappa shape index (κ2) is 4.10. The highest BCUT2D eigenvalue weighted by Gasteiger charge is 2.31. The Morgan fingerprint density at radius 1 is 1.47 bits per heavy atom. The standard InChI is InChI=1S/C11H18N4O2/c1-11(2,3)7(12)8(16)13-10-15-14-9(17-10)6-4-5-6/h6-7H,4-5,12H2,1-3H3,(H,13,15,16). The van der Waals surface area contributed by atoms with Crippen molar-refractivity contribution in [2.75, 3.05) is 5.32 Å². The molecule has 3 N–H and O–H groups in total. The van der Waals surface area contributed by atoms with E-state index in [1.54, 1.807) is 0 Å². The first-order valence-corrected chi connectivity index (χ1v) is 5.78.